The van der Waals surface area contributed by atoms with Gasteiger partial charge in [-0.3, -0.25) is 0 Å². The number of carbonyl (C=O) groups excluding carboxylic acids is 1. The van der Waals surface area contributed by atoms with Gasteiger partial charge in [0.05, 0.1) is 13.2 Å². The van der Waals surface area contributed by atoms with Crippen LogP contribution >= 0.6 is 0 Å². The van der Waals surface area contributed by atoms with Gasteiger partial charge in [-0.1, -0.05) is 0 Å². The van der Waals surface area contributed by atoms with E-state index in [1.54, 1.807) is 0 Å². The zero-order valence-corrected chi connectivity index (χ0v) is 9.95. The Morgan fingerprint density at radius 2 is 1.69 bits per heavy atom. The van der Waals surface area contributed by atoms with Crippen LogP contribution in [0.15, 0.2) is 0 Å². The fourth-order valence-electron chi connectivity index (χ4n) is 2.31. The molecule has 2 amide bonds. The lowest BCUT2D eigenvalue weighted by atomic mass is 10.1. The number of rotatable bonds is 1. The number of piperidine rings is 1. The fourth-order valence-corrected chi connectivity index (χ4v) is 2.31. The lowest BCUT2D eigenvalue weighted by molar-refractivity contribution is 0.0409. The normalized spacial score (nSPS) is 23.6. The number of nitrogens with one attached hydrogen (secondary N) is 1. The van der Waals surface area contributed by atoms with Crippen molar-refractivity contribution in [3.63, 3.8) is 0 Å². The van der Waals surface area contributed by atoms with Crippen LogP contribution in [-0.4, -0.2) is 68.3 Å². The van der Waals surface area contributed by atoms with E-state index < -0.39 is 0 Å². The number of hydrogen-bond donors (Lipinski definition) is 1. The summed E-state index contributed by atoms with van der Waals surface area (Å²) in [4.78, 5) is 16.0. The van der Waals surface area contributed by atoms with Crippen molar-refractivity contribution in [2.24, 2.45) is 0 Å². The molecule has 0 atom stereocenters. The van der Waals surface area contributed by atoms with Crippen LogP contribution in [0.5, 0.6) is 0 Å². The minimum absolute atomic E-state index is 0.192. The molecule has 0 aromatic rings. The van der Waals surface area contributed by atoms with Gasteiger partial charge in [0.15, 0.2) is 0 Å². The Hall–Kier alpha value is -0.810. The van der Waals surface area contributed by atoms with Crippen LogP contribution in [0.1, 0.15) is 12.8 Å². The van der Waals surface area contributed by atoms with E-state index in [1.165, 1.54) is 0 Å². The highest BCUT2D eigenvalue weighted by Gasteiger charge is 2.26. The van der Waals surface area contributed by atoms with E-state index in [1.807, 2.05) is 16.8 Å². The summed E-state index contributed by atoms with van der Waals surface area (Å²) in [5.74, 6) is 0. The van der Waals surface area contributed by atoms with Crippen molar-refractivity contribution in [1.82, 2.24) is 15.1 Å². The standard InChI is InChI=1S/C11H21N3O2/c1-12-10-2-4-13(5-3-10)11(15)14-6-8-16-9-7-14/h10,12H,2-9H2,1H3. The van der Waals surface area contributed by atoms with Crippen molar-refractivity contribution >= 4 is 6.03 Å². The minimum atomic E-state index is 0.192. The zero-order valence-electron chi connectivity index (χ0n) is 9.95. The van der Waals surface area contributed by atoms with E-state index >= 15 is 0 Å². The van der Waals surface area contributed by atoms with Crippen molar-refractivity contribution in [2.45, 2.75) is 18.9 Å². The Bertz CT molecular complexity index is 233. The summed E-state index contributed by atoms with van der Waals surface area (Å²) in [6.07, 6.45) is 2.12. The Balaban J connectivity index is 1.81. The fraction of sp³-hybridized carbons (Fsp3) is 0.909. The lowest BCUT2D eigenvalue weighted by Crippen LogP contribution is -2.52. The predicted molar refractivity (Wildman–Crippen MR) is 61.4 cm³/mol. The molecule has 2 rings (SSSR count). The maximum Gasteiger partial charge on any atom is 0.320 e. The third kappa shape index (κ3) is 2.65. The molecule has 2 saturated heterocycles. The van der Waals surface area contributed by atoms with E-state index in [9.17, 15) is 4.79 Å². The lowest BCUT2D eigenvalue weighted by Gasteiger charge is -2.37. The number of nitrogens with zero attached hydrogens (tertiary/aromatic N) is 2. The summed E-state index contributed by atoms with van der Waals surface area (Å²) in [5.41, 5.74) is 0. The van der Waals surface area contributed by atoms with Crippen LogP contribution in [0, 0.1) is 0 Å². The summed E-state index contributed by atoms with van der Waals surface area (Å²) in [5, 5.41) is 3.27. The Labute approximate surface area is 96.7 Å². The first-order valence-electron chi connectivity index (χ1n) is 6.10. The number of carbonyl (C=O) groups is 1. The van der Waals surface area contributed by atoms with Crippen LogP contribution in [-0.2, 0) is 4.74 Å². The van der Waals surface area contributed by atoms with E-state index in [2.05, 4.69) is 5.32 Å². The van der Waals surface area contributed by atoms with Gasteiger partial charge in [0, 0.05) is 32.2 Å². The first kappa shape index (κ1) is 11.7. The molecule has 2 heterocycles. The predicted octanol–water partition coefficient (Wildman–Crippen LogP) is 0.122. The van der Waals surface area contributed by atoms with Crippen molar-refractivity contribution in [1.29, 1.82) is 0 Å². The molecule has 0 radical (unpaired) electrons. The molecule has 0 bridgehead atoms. The molecule has 5 nitrogen and oxygen atoms in total. The molecule has 2 fully saturated rings. The van der Waals surface area contributed by atoms with Crippen molar-refractivity contribution in [2.75, 3.05) is 46.4 Å². The van der Waals surface area contributed by atoms with Crippen LogP contribution in [0.3, 0.4) is 0 Å². The Morgan fingerprint density at radius 1 is 1.12 bits per heavy atom. The van der Waals surface area contributed by atoms with E-state index in [-0.39, 0.29) is 6.03 Å². The molecule has 92 valence electrons. The molecule has 2 aliphatic heterocycles. The second-order valence-corrected chi connectivity index (χ2v) is 4.43. The number of urea groups is 1. The van der Waals surface area contributed by atoms with Gasteiger partial charge in [-0.05, 0) is 19.9 Å². The summed E-state index contributed by atoms with van der Waals surface area (Å²) in [6, 6.07) is 0.770. The monoisotopic (exact) mass is 227 g/mol. The maximum absolute atomic E-state index is 12.1. The summed E-state index contributed by atoms with van der Waals surface area (Å²) in [6.45, 7) is 4.59. The van der Waals surface area contributed by atoms with Gasteiger partial charge in [0.25, 0.3) is 0 Å². The van der Waals surface area contributed by atoms with E-state index in [0.29, 0.717) is 19.3 Å². The van der Waals surface area contributed by atoms with Gasteiger partial charge in [-0.15, -0.1) is 0 Å². The average molecular weight is 227 g/mol. The van der Waals surface area contributed by atoms with Crippen LogP contribution in [0.2, 0.25) is 0 Å². The Kier molecular flexibility index (Phi) is 4.01. The first-order chi connectivity index (χ1) is 7.81. The highest BCUT2D eigenvalue weighted by molar-refractivity contribution is 5.74. The van der Waals surface area contributed by atoms with E-state index in [4.69, 9.17) is 4.74 Å². The second-order valence-electron chi connectivity index (χ2n) is 4.43. The molecule has 5 heteroatoms. The molecule has 2 aliphatic rings. The van der Waals surface area contributed by atoms with Gasteiger partial charge in [0.2, 0.25) is 0 Å². The third-order valence-electron chi connectivity index (χ3n) is 3.46. The van der Waals surface area contributed by atoms with Crippen molar-refractivity contribution < 1.29 is 9.53 Å². The highest BCUT2D eigenvalue weighted by atomic mass is 16.5. The van der Waals surface area contributed by atoms with E-state index in [0.717, 1.165) is 39.0 Å². The smallest absolute Gasteiger partial charge is 0.320 e. The van der Waals surface area contributed by atoms with Crippen LogP contribution in [0.25, 0.3) is 0 Å². The van der Waals surface area contributed by atoms with Crippen LogP contribution in [0.4, 0.5) is 4.79 Å². The van der Waals surface area contributed by atoms with Gasteiger partial charge in [-0.25, -0.2) is 4.79 Å². The number of amides is 2. The number of ether oxygens (including phenoxy) is 1. The first-order valence-corrected chi connectivity index (χ1v) is 6.10. The maximum atomic E-state index is 12.1. The van der Waals surface area contributed by atoms with Gasteiger partial charge >= 0.3 is 6.03 Å². The summed E-state index contributed by atoms with van der Waals surface area (Å²) < 4.78 is 5.25. The molecular weight excluding hydrogens is 206 g/mol. The van der Waals surface area contributed by atoms with Crippen molar-refractivity contribution in [3.8, 4) is 0 Å². The molecule has 0 unspecified atom stereocenters. The third-order valence-corrected chi connectivity index (χ3v) is 3.46. The molecule has 0 aromatic carbocycles. The number of morpholine rings is 1. The molecule has 0 aliphatic carbocycles. The molecule has 1 N–H and O–H groups in total. The van der Waals surface area contributed by atoms with Crippen LogP contribution < -0.4 is 5.32 Å². The second kappa shape index (κ2) is 5.50. The topological polar surface area (TPSA) is 44.8 Å². The van der Waals surface area contributed by atoms with Gasteiger partial charge < -0.3 is 19.9 Å². The largest absolute Gasteiger partial charge is 0.378 e. The minimum Gasteiger partial charge on any atom is -0.378 e. The average Bonchev–Trinajstić information content (AvgIpc) is 2.39. The molecule has 0 spiro atoms. The SMILES string of the molecule is CNC1CCN(C(=O)N2CCOCC2)CC1. The molecule has 0 aromatic heterocycles. The van der Waals surface area contributed by atoms with Gasteiger partial charge in [0.1, 0.15) is 0 Å². The molecule has 0 saturated carbocycles. The molecule has 16 heavy (non-hydrogen) atoms. The Morgan fingerprint density at radius 3 is 2.25 bits per heavy atom. The van der Waals surface area contributed by atoms with Gasteiger partial charge in [-0.2, -0.15) is 0 Å². The summed E-state index contributed by atoms with van der Waals surface area (Å²) >= 11 is 0. The van der Waals surface area contributed by atoms with Crippen molar-refractivity contribution in [3.05, 3.63) is 0 Å². The highest BCUT2D eigenvalue weighted by Crippen LogP contribution is 2.12. The summed E-state index contributed by atoms with van der Waals surface area (Å²) in [7, 11) is 1.99. The number of likely N-dealkylation sites (tertiary alicyclic amines) is 1. The zero-order chi connectivity index (χ0) is 11.4. The number of hydrogen-bond acceptors (Lipinski definition) is 3. The molecular formula is C11H21N3O2. The quantitative estimate of drug-likeness (QED) is 0.692.